The molecule has 214 valence electrons. The largest absolute Gasteiger partial charge is 0.489 e. The Kier molecular flexibility index (Phi) is 8.01. The van der Waals surface area contributed by atoms with Gasteiger partial charge in [-0.1, -0.05) is 42.5 Å². The van der Waals surface area contributed by atoms with Crippen LogP contribution in [0.2, 0.25) is 5.28 Å². The average Bonchev–Trinajstić information content (AvgIpc) is 3.53. The number of rotatable bonds is 11. The third-order valence-electron chi connectivity index (χ3n) is 6.66. The summed E-state index contributed by atoms with van der Waals surface area (Å²) in [5.41, 5.74) is 4.88. The van der Waals surface area contributed by atoms with Crippen LogP contribution in [0.15, 0.2) is 60.9 Å². The van der Waals surface area contributed by atoms with Crippen LogP contribution < -0.4 is 10.5 Å². The maximum absolute atomic E-state index is 15.0. The number of halogens is 2. The van der Waals surface area contributed by atoms with Crippen molar-refractivity contribution in [2.24, 2.45) is 0 Å². The van der Waals surface area contributed by atoms with E-state index in [1.54, 1.807) is 24.3 Å². The zero-order chi connectivity index (χ0) is 29.1. The highest BCUT2D eigenvalue weighted by molar-refractivity contribution is 6.28. The lowest BCUT2D eigenvalue weighted by Gasteiger charge is -2.27. The molecule has 5 rings (SSSR count). The third kappa shape index (κ3) is 5.92. The fraction of sp³-hybridized carbons (Fsp3) is 0.296. The lowest BCUT2D eigenvalue weighted by Crippen LogP contribution is -2.52. The molecule has 1 fully saturated rings. The highest BCUT2D eigenvalue weighted by atomic mass is 35.5. The topological polar surface area (TPSA) is 172 Å². The number of nitrogen functional groups attached to an aromatic ring is 1. The van der Waals surface area contributed by atoms with Crippen LogP contribution in [0.25, 0.3) is 11.2 Å². The van der Waals surface area contributed by atoms with Gasteiger partial charge in [0.25, 0.3) is 5.60 Å². The van der Waals surface area contributed by atoms with Crippen molar-refractivity contribution in [2.75, 3.05) is 12.3 Å². The molecule has 41 heavy (non-hydrogen) atoms. The summed E-state index contributed by atoms with van der Waals surface area (Å²) < 4.78 is 33.3. The van der Waals surface area contributed by atoms with Crippen LogP contribution >= 0.6 is 11.6 Å². The van der Waals surface area contributed by atoms with Gasteiger partial charge in [-0.15, -0.1) is 0 Å². The van der Waals surface area contributed by atoms with Crippen molar-refractivity contribution in [3.05, 3.63) is 77.3 Å². The van der Waals surface area contributed by atoms with Crippen molar-refractivity contribution in [1.82, 2.24) is 19.5 Å². The minimum Gasteiger partial charge on any atom is -0.489 e. The standard InChI is InChI=1S/C27H25ClFN5O7/c28-26-32-21(30)20-22(33-26)34(14-31-20)23-19(29)10-18(41-23)13-40-27(24(35)36,25(37)38)11-15-6-8-17(9-7-15)39-12-16-4-2-1-3-5-16/h1-9,14,18-19,23H,10-13H2,(H,35,36)(H,37,38)(H2,30,32,33)/t18-,19-,23+/m0/s1. The van der Waals surface area contributed by atoms with Gasteiger partial charge in [0, 0.05) is 12.8 Å². The van der Waals surface area contributed by atoms with Gasteiger partial charge in [-0.3, -0.25) is 4.57 Å². The van der Waals surface area contributed by atoms with Gasteiger partial charge in [0.05, 0.1) is 19.0 Å². The Labute approximate surface area is 237 Å². The number of benzene rings is 2. The number of aromatic nitrogens is 4. The van der Waals surface area contributed by atoms with Crippen molar-refractivity contribution in [3.8, 4) is 5.75 Å². The van der Waals surface area contributed by atoms with Gasteiger partial charge in [0.1, 0.15) is 24.0 Å². The summed E-state index contributed by atoms with van der Waals surface area (Å²) in [6.45, 7) is -0.171. The maximum atomic E-state index is 15.0. The average molecular weight is 586 g/mol. The molecule has 2 aromatic carbocycles. The Hall–Kier alpha value is -4.33. The Balaban J connectivity index is 1.26. The van der Waals surface area contributed by atoms with Crippen LogP contribution in [0.3, 0.4) is 0 Å². The number of carboxylic acid groups (broad SMARTS) is 2. The minimum atomic E-state index is -2.64. The Bertz CT molecular complexity index is 1540. The number of hydrogen-bond acceptors (Lipinski definition) is 9. The number of anilines is 1. The lowest BCUT2D eigenvalue weighted by molar-refractivity contribution is -0.188. The zero-order valence-electron chi connectivity index (χ0n) is 21.4. The molecule has 4 N–H and O–H groups in total. The quantitative estimate of drug-likeness (QED) is 0.174. The predicted molar refractivity (Wildman–Crippen MR) is 143 cm³/mol. The zero-order valence-corrected chi connectivity index (χ0v) is 22.1. The van der Waals surface area contributed by atoms with E-state index in [4.69, 9.17) is 31.5 Å². The molecule has 0 unspecified atom stereocenters. The van der Waals surface area contributed by atoms with E-state index in [0.717, 1.165) is 5.56 Å². The molecule has 3 atom stereocenters. The highest BCUT2D eigenvalue weighted by Crippen LogP contribution is 2.35. The van der Waals surface area contributed by atoms with E-state index in [9.17, 15) is 19.8 Å². The van der Waals surface area contributed by atoms with Crippen molar-refractivity contribution in [2.45, 2.75) is 43.6 Å². The number of alkyl halides is 1. The second-order valence-corrected chi connectivity index (χ2v) is 9.78. The SMILES string of the molecule is Nc1nc(Cl)nc2c1ncn2[C@@H]1O[C@H](COC(Cc2ccc(OCc3ccccc3)cc2)(C(=O)O)C(=O)O)C[C@@H]1F. The number of hydrogen-bond donors (Lipinski definition) is 3. The molecule has 0 amide bonds. The summed E-state index contributed by atoms with van der Waals surface area (Å²) in [5, 5.41) is 19.7. The van der Waals surface area contributed by atoms with E-state index >= 15 is 4.39 Å². The summed E-state index contributed by atoms with van der Waals surface area (Å²) in [6.07, 6.45) is -3.14. The number of aliphatic carboxylic acids is 2. The molecule has 14 heteroatoms. The van der Waals surface area contributed by atoms with Crippen molar-refractivity contribution < 1.29 is 38.4 Å². The van der Waals surface area contributed by atoms with Crippen LogP contribution in [-0.2, 0) is 32.1 Å². The molecule has 1 saturated heterocycles. The van der Waals surface area contributed by atoms with Crippen LogP contribution in [0.4, 0.5) is 10.2 Å². The molecule has 0 aliphatic carbocycles. The molecule has 4 aromatic rings. The first-order valence-corrected chi connectivity index (χ1v) is 12.9. The molecule has 0 bridgehead atoms. The number of nitrogens with two attached hydrogens (primary N) is 1. The first kappa shape index (κ1) is 28.2. The van der Waals surface area contributed by atoms with E-state index in [1.807, 2.05) is 30.3 Å². The summed E-state index contributed by atoms with van der Waals surface area (Å²) in [7, 11) is 0. The Morgan fingerprint density at radius 1 is 1.10 bits per heavy atom. The molecule has 12 nitrogen and oxygen atoms in total. The van der Waals surface area contributed by atoms with Gasteiger partial charge < -0.3 is 30.2 Å². The Morgan fingerprint density at radius 2 is 1.80 bits per heavy atom. The molecule has 0 saturated carbocycles. The van der Waals surface area contributed by atoms with Crippen LogP contribution in [0.5, 0.6) is 5.75 Å². The summed E-state index contributed by atoms with van der Waals surface area (Å²) in [6, 6.07) is 15.9. The smallest absolute Gasteiger partial charge is 0.348 e. The van der Waals surface area contributed by atoms with Gasteiger partial charge in [-0.05, 0) is 34.9 Å². The van der Waals surface area contributed by atoms with E-state index < -0.39 is 49.1 Å². The number of ether oxygens (including phenoxy) is 3. The second kappa shape index (κ2) is 11.6. The molecule has 2 aromatic heterocycles. The van der Waals surface area contributed by atoms with Crippen LogP contribution in [0, 0.1) is 0 Å². The van der Waals surface area contributed by atoms with Crippen LogP contribution in [-0.4, -0.2) is 66.2 Å². The summed E-state index contributed by atoms with van der Waals surface area (Å²) >= 11 is 5.88. The van der Waals surface area contributed by atoms with E-state index in [-0.39, 0.29) is 28.7 Å². The summed E-state index contributed by atoms with van der Waals surface area (Å²) in [4.78, 5) is 36.4. The third-order valence-corrected chi connectivity index (χ3v) is 6.82. The van der Waals surface area contributed by atoms with Crippen molar-refractivity contribution in [1.29, 1.82) is 0 Å². The highest BCUT2D eigenvalue weighted by Gasteiger charge is 2.50. The van der Waals surface area contributed by atoms with E-state index in [0.29, 0.717) is 17.9 Å². The Morgan fingerprint density at radius 3 is 2.49 bits per heavy atom. The molecular weight excluding hydrogens is 561 g/mol. The van der Waals surface area contributed by atoms with Crippen molar-refractivity contribution >= 4 is 40.5 Å². The number of carbonyl (C=O) groups is 2. The van der Waals surface area contributed by atoms with E-state index in [1.165, 1.54) is 10.9 Å². The molecule has 1 aliphatic heterocycles. The number of fused-ring (bicyclic) bond motifs is 1. The van der Waals surface area contributed by atoms with E-state index in [2.05, 4.69) is 15.0 Å². The molecule has 0 spiro atoms. The van der Waals surface area contributed by atoms with Gasteiger partial charge in [-0.2, -0.15) is 9.97 Å². The van der Waals surface area contributed by atoms with Crippen LogP contribution in [0.1, 0.15) is 23.8 Å². The molecule has 1 aliphatic rings. The van der Waals surface area contributed by atoms with Gasteiger partial charge in [0.2, 0.25) is 5.28 Å². The van der Waals surface area contributed by atoms with Gasteiger partial charge in [-0.25, -0.2) is 19.0 Å². The number of nitrogens with zero attached hydrogens (tertiary/aromatic N) is 4. The minimum absolute atomic E-state index is 0.00975. The van der Waals surface area contributed by atoms with Crippen molar-refractivity contribution in [3.63, 3.8) is 0 Å². The first-order valence-electron chi connectivity index (χ1n) is 12.5. The number of imidazole rings is 1. The van der Waals surface area contributed by atoms with Gasteiger partial charge in [0.15, 0.2) is 17.7 Å². The monoisotopic (exact) mass is 585 g/mol. The normalized spacial score (nSPS) is 18.9. The number of carboxylic acids is 2. The maximum Gasteiger partial charge on any atom is 0.348 e. The molecule has 3 heterocycles. The summed E-state index contributed by atoms with van der Waals surface area (Å²) in [5.74, 6) is -2.88. The molecule has 0 radical (unpaired) electrons. The van der Waals surface area contributed by atoms with Gasteiger partial charge >= 0.3 is 11.9 Å². The first-order chi connectivity index (χ1) is 19.7. The lowest BCUT2D eigenvalue weighted by atomic mass is 9.94. The fourth-order valence-electron chi connectivity index (χ4n) is 4.53. The predicted octanol–water partition coefficient (Wildman–Crippen LogP) is 3.43. The fourth-order valence-corrected chi connectivity index (χ4v) is 4.71. The second-order valence-electron chi connectivity index (χ2n) is 9.45. The molecular formula is C27H25ClFN5O7.